The van der Waals surface area contributed by atoms with Crippen molar-refractivity contribution in [1.29, 1.82) is 0 Å². The maximum absolute atomic E-state index is 5.87. The van der Waals surface area contributed by atoms with Gasteiger partial charge >= 0.3 is 0 Å². The monoisotopic (exact) mass is 324 g/mol. The van der Waals surface area contributed by atoms with Crippen molar-refractivity contribution in [1.82, 2.24) is 10.3 Å². The maximum atomic E-state index is 5.87. The van der Waals surface area contributed by atoms with E-state index in [1.807, 2.05) is 18.5 Å². The molecule has 1 saturated heterocycles. The molecule has 4 heteroatoms. The molecule has 1 aromatic carbocycles. The van der Waals surface area contributed by atoms with Gasteiger partial charge in [0.25, 0.3) is 0 Å². The first-order chi connectivity index (χ1) is 11.9. The number of pyridine rings is 1. The molecular formula is C20H24N2O2. The zero-order chi connectivity index (χ0) is 16.2. The van der Waals surface area contributed by atoms with Crippen LogP contribution >= 0.6 is 0 Å². The molecule has 2 aromatic rings. The van der Waals surface area contributed by atoms with Crippen molar-refractivity contribution in [2.45, 2.75) is 31.4 Å². The molecule has 1 saturated carbocycles. The fourth-order valence-corrected chi connectivity index (χ4v) is 3.15. The van der Waals surface area contributed by atoms with Gasteiger partial charge in [-0.3, -0.25) is 4.98 Å². The second-order valence-corrected chi connectivity index (χ2v) is 6.81. The quantitative estimate of drug-likeness (QED) is 0.810. The van der Waals surface area contributed by atoms with Crippen molar-refractivity contribution in [2.24, 2.45) is 5.92 Å². The summed E-state index contributed by atoms with van der Waals surface area (Å²) in [5.74, 6) is 2.06. The molecule has 0 spiro atoms. The molecule has 4 nitrogen and oxygen atoms in total. The van der Waals surface area contributed by atoms with Crippen LogP contribution in [-0.2, 0) is 11.3 Å². The van der Waals surface area contributed by atoms with Crippen LogP contribution in [0.1, 0.15) is 29.9 Å². The molecule has 2 aliphatic rings. The van der Waals surface area contributed by atoms with Crippen molar-refractivity contribution in [2.75, 3.05) is 19.8 Å². The fraction of sp³-hybridized carbons (Fsp3) is 0.450. The van der Waals surface area contributed by atoms with E-state index in [0.717, 1.165) is 25.5 Å². The second kappa shape index (κ2) is 7.32. The largest absolute Gasteiger partial charge is 0.490 e. The van der Waals surface area contributed by atoms with Crippen LogP contribution in [0.5, 0.6) is 5.75 Å². The van der Waals surface area contributed by atoms with Gasteiger partial charge in [-0.2, -0.15) is 0 Å². The summed E-state index contributed by atoms with van der Waals surface area (Å²) in [6, 6.07) is 13.0. The third kappa shape index (κ3) is 3.94. The Hall–Kier alpha value is -1.91. The normalized spacial score (nSPS) is 25.1. The molecule has 2 fully saturated rings. The molecule has 0 bridgehead atoms. The van der Waals surface area contributed by atoms with E-state index in [-0.39, 0.29) is 0 Å². The average Bonchev–Trinajstić information content (AvgIpc) is 3.34. The Bertz CT molecular complexity index is 658. The minimum Gasteiger partial charge on any atom is -0.490 e. The predicted molar refractivity (Wildman–Crippen MR) is 93.1 cm³/mol. The molecule has 0 radical (unpaired) electrons. The van der Waals surface area contributed by atoms with Gasteiger partial charge in [-0.25, -0.2) is 0 Å². The fourth-order valence-electron chi connectivity index (χ4n) is 3.15. The number of aromatic nitrogens is 1. The molecule has 1 aliphatic carbocycles. The molecule has 1 aliphatic heterocycles. The highest BCUT2D eigenvalue weighted by Gasteiger charge is 2.38. The van der Waals surface area contributed by atoms with Crippen LogP contribution < -0.4 is 10.1 Å². The molecular weight excluding hydrogens is 300 g/mol. The summed E-state index contributed by atoms with van der Waals surface area (Å²) in [5.41, 5.74) is 2.51. The van der Waals surface area contributed by atoms with Gasteiger partial charge in [0.2, 0.25) is 0 Å². The van der Waals surface area contributed by atoms with Gasteiger partial charge in [0.05, 0.1) is 19.4 Å². The number of ether oxygens (including phenoxy) is 2. The highest BCUT2D eigenvalue weighted by molar-refractivity contribution is 5.30. The van der Waals surface area contributed by atoms with Crippen LogP contribution in [0, 0.1) is 5.92 Å². The number of hydrogen-bond donors (Lipinski definition) is 1. The Balaban J connectivity index is 1.23. The Kier molecular flexibility index (Phi) is 4.76. The number of benzene rings is 1. The second-order valence-electron chi connectivity index (χ2n) is 6.81. The van der Waals surface area contributed by atoms with Crippen LogP contribution in [0.15, 0.2) is 48.8 Å². The van der Waals surface area contributed by atoms with Gasteiger partial charge in [-0.15, -0.1) is 0 Å². The summed E-state index contributed by atoms with van der Waals surface area (Å²) < 4.78 is 11.7. The van der Waals surface area contributed by atoms with E-state index in [9.17, 15) is 0 Å². The number of rotatable bonds is 8. The smallest absolute Gasteiger partial charge is 0.137 e. The van der Waals surface area contributed by atoms with E-state index in [1.165, 1.54) is 24.0 Å². The Morgan fingerprint density at radius 3 is 2.79 bits per heavy atom. The third-order valence-electron chi connectivity index (χ3n) is 4.91. The molecule has 0 unspecified atom stereocenters. The van der Waals surface area contributed by atoms with Crippen LogP contribution in [0.3, 0.4) is 0 Å². The van der Waals surface area contributed by atoms with Crippen molar-refractivity contribution >= 4 is 0 Å². The number of nitrogens with one attached hydrogen (secondary N) is 1. The van der Waals surface area contributed by atoms with Crippen molar-refractivity contribution in [3.63, 3.8) is 0 Å². The summed E-state index contributed by atoms with van der Waals surface area (Å²) >= 11 is 0. The van der Waals surface area contributed by atoms with Crippen LogP contribution in [-0.4, -0.2) is 30.8 Å². The lowest BCUT2D eigenvalue weighted by atomic mass is 10.1. The van der Waals surface area contributed by atoms with Gasteiger partial charge in [-0.1, -0.05) is 30.3 Å². The Morgan fingerprint density at radius 1 is 1.12 bits per heavy atom. The summed E-state index contributed by atoms with van der Waals surface area (Å²) in [4.78, 5) is 4.34. The highest BCUT2D eigenvalue weighted by Crippen LogP contribution is 2.47. The summed E-state index contributed by atoms with van der Waals surface area (Å²) in [7, 11) is 0. The molecule has 0 amide bonds. The molecule has 2 heterocycles. The molecule has 126 valence electrons. The first kappa shape index (κ1) is 15.6. The standard InChI is InChI=1S/C20H24N2O2/c1-2-4-15(5-3-1)12-23-13-17-9-20(17)16-8-19(11-21-10-16)24-14-18-6-7-22-18/h1-5,8,10-11,17-18,20,22H,6-7,9,12-14H2/t17-,18-,20+/m0/s1. The van der Waals surface area contributed by atoms with Crippen molar-refractivity contribution in [3.8, 4) is 5.75 Å². The molecule has 4 rings (SSSR count). The SMILES string of the molecule is c1ccc(COC[C@@H]2C[C@@H]2c2cncc(OC[C@@H]3CCN3)c2)cc1. The average molecular weight is 324 g/mol. The topological polar surface area (TPSA) is 43.4 Å². The highest BCUT2D eigenvalue weighted by atomic mass is 16.5. The summed E-state index contributed by atoms with van der Waals surface area (Å²) in [6.45, 7) is 3.36. The Labute approximate surface area is 143 Å². The Morgan fingerprint density at radius 2 is 2.00 bits per heavy atom. The first-order valence-corrected chi connectivity index (χ1v) is 8.81. The lowest BCUT2D eigenvalue weighted by Gasteiger charge is -2.27. The molecule has 1 N–H and O–H groups in total. The van der Waals surface area contributed by atoms with Crippen molar-refractivity contribution < 1.29 is 9.47 Å². The molecule has 24 heavy (non-hydrogen) atoms. The minimum atomic E-state index is 0.508. The van der Waals surface area contributed by atoms with E-state index in [1.54, 1.807) is 0 Å². The molecule has 3 atom stereocenters. The van der Waals surface area contributed by atoms with E-state index in [0.29, 0.717) is 24.5 Å². The van der Waals surface area contributed by atoms with Gasteiger partial charge in [0, 0.05) is 12.2 Å². The number of hydrogen-bond acceptors (Lipinski definition) is 4. The van der Waals surface area contributed by atoms with E-state index < -0.39 is 0 Å². The van der Waals surface area contributed by atoms with E-state index >= 15 is 0 Å². The first-order valence-electron chi connectivity index (χ1n) is 8.81. The van der Waals surface area contributed by atoms with Gasteiger partial charge in [0.15, 0.2) is 0 Å². The number of nitrogens with zero attached hydrogens (tertiary/aromatic N) is 1. The zero-order valence-corrected chi connectivity index (χ0v) is 13.9. The zero-order valence-electron chi connectivity index (χ0n) is 13.9. The lowest BCUT2D eigenvalue weighted by Crippen LogP contribution is -2.46. The van der Waals surface area contributed by atoms with Crippen LogP contribution in [0.25, 0.3) is 0 Å². The third-order valence-corrected chi connectivity index (χ3v) is 4.91. The van der Waals surface area contributed by atoms with Crippen LogP contribution in [0.2, 0.25) is 0 Å². The van der Waals surface area contributed by atoms with E-state index in [2.05, 4.69) is 40.6 Å². The van der Waals surface area contributed by atoms with Gasteiger partial charge < -0.3 is 14.8 Å². The summed E-state index contributed by atoms with van der Waals surface area (Å²) in [6.07, 6.45) is 6.17. The van der Waals surface area contributed by atoms with E-state index in [4.69, 9.17) is 9.47 Å². The van der Waals surface area contributed by atoms with Crippen molar-refractivity contribution in [3.05, 3.63) is 59.9 Å². The van der Waals surface area contributed by atoms with Gasteiger partial charge in [0.1, 0.15) is 12.4 Å². The maximum Gasteiger partial charge on any atom is 0.137 e. The van der Waals surface area contributed by atoms with Gasteiger partial charge in [-0.05, 0) is 48.4 Å². The predicted octanol–water partition coefficient (Wildman–Crippen LogP) is 3.14. The summed E-state index contributed by atoms with van der Waals surface area (Å²) in [5, 5.41) is 3.35. The van der Waals surface area contributed by atoms with Crippen LogP contribution in [0.4, 0.5) is 0 Å². The lowest BCUT2D eigenvalue weighted by molar-refractivity contribution is 0.110. The minimum absolute atomic E-state index is 0.508. The molecule has 1 aromatic heterocycles.